The predicted octanol–water partition coefficient (Wildman–Crippen LogP) is 2.29. The van der Waals surface area contributed by atoms with Gasteiger partial charge in [0, 0.05) is 24.6 Å². The zero-order valence-electron chi connectivity index (χ0n) is 10.3. The minimum atomic E-state index is 0.0438. The molecule has 0 N–H and O–H groups in total. The van der Waals surface area contributed by atoms with E-state index in [0.717, 1.165) is 12.8 Å². The number of benzene rings is 1. The molecule has 18 heavy (non-hydrogen) atoms. The molecular weight excluding hydrogens is 226 g/mol. The Morgan fingerprint density at radius 2 is 1.78 bits per heavy atom. The van der Waals surface area contributed by atoms with E-state index in [-0.39, 0.29) is 17.6 Å². The van der Waals surface area contributed by atoms with Crippen LogP contribution in [0, 0.1) is 5.92 Å². The van der Waals surface area contributed by atoms with Crippen LogP contribution in [0.5, 0.6) is 0 Å². The van der Waals surface area contributed by atoms with E-state index in [1.165, 1.54) is 6.08 Å². The zero-order valence-corrected chi connectivity index (χ0v) is 10.3. The highest BCUT2D eigenvalue weighted by molar-refractivity contribution is 5.95. The lowest BCUT2D eigenvalue weighted by molar-refractivity contribution is -0.119. The minimum absolute atomic E-state index is 0.0438. The second kappa shape index (κ2) is 5.63. The maximum absolute atomic E-state index is 12.2. The Labute approximate surface area is 107 Å². The van der Waals surface area contributed by atoms with Crippen LogP contribution in [0.3, 0.4) is 0 Å². The van der Waals surface area contributed by atoms with Crippen LogP contribution >= 0.6 is 0 Å². The Balaban J connectivity index is 1.96. The molecule has 0 bridgehead atoms. The highest BCUT2D eigenvalue weighted by Crippen LogP contribution is 2.20. The molecule has 0 saturated carbocycles. The summed E-state index contributed by atoms with van der Waals surface area (Å²) in [5.41, 5.74) is 0.714. The summed E-state index contributed by atoms with van der Waals surface area (Å²) in [5.74, 6) is 0.198. The van der Waals surface area contributed by atoms with E-state index < -0.39 is 0 Å². The van der Waals surface area contributed by atoms with Gasteiger partial charge in [0.25, 0.3) is 5.91 Å². The van der Waals surface area contributed by atoms with Gasteiger partial charge in [-0.25, -0.2) is 0 Å². The number of allylic oxidation sites excluding steroid dienone is 1. The molecule has 3 nitrogen and oxygen atoms in total. The Morgan fingerprint density at radius 1 is 1.17 bits per heavy atom. The van der Waals surface area contributed by atoms with Crippen LogP contribution in [0.2, 0.25) is 0 Å². The van der Waals surface area contributed by atoms with E-state index in [9.17, 15) is 9.59 Å². The summed E-state index contributed by atoms with van der Waals surface area (Å²) in [7, 11) is 0. The summed E-state index contributed by atoms with van der Waals surface area (Å²) < 4.78 is 0. The van der Waals surface area contributed by atoms with Gasteiger partial charge in [-0.15, -0.1) is 0 Å². The second-order valence-corrected chi connectivity index (χ2v) is 4.54. The molecule has 0 atom stereocenters. The fraction of sp³-hybridized carbons (Fsp3) is 0.333. The first-order chi connectivity index (χ1) is 8.72. The first kappa shape index (κ1) is 12.6. The maximum atomic E-state index is 12.2. The number of ketones is 1. The van der Waals surface area contributed by atoms with Crippen molar-refractivity contribution in [2.24, 2.45) is 5.92 Å². The molecular formula is C15H17NO2. The van der Waals surface area contributed by atoms with Gasteiger partial charge in [-0.05, 0) is 31.1 Å². The molecule has 1 aliphatic heterocycles. The van der Waals surface area contributed by atoms with Crippen molar-refractivity contribution in [1.29, 1.82) is 0 Å². The number of carbonyl (C=O) groups is 2. The number of hydrogen-bond donors (Lipinski definition) is 0. The van der Waals surface area contributed by atoms with Crippen molar-refractivity contribution in [3.05, 3.63) is 48.6 Å². The monoisotopic (exact) mass is 243 g/mol. The molecule has 1 amide bonds. The Hall–Kier alpha value is -1.90. The quantitative estimate of drug-likeness (QED) is 0.764. The zero-order chi connectivity index (χ0) is 13.0. The third kappa shape index (κ3) is 2.67. The van der Waals surface area contributed by atoms with Crippen molar-refractivity contribution >= 4 is 11.7 Å². The van der Waals surface area contributed by atoms with Gasteiger partial charge in [0.1, 0.15) is 0 Å². The van der Waals surface area contributed by atoms with Crippen molar-refractivity contribution in [2.45, 2.75) is 12.8 Å². The van der Waals surface area contributed by atoms with Crippen molar-refractivity contribution in [2.75, 3.05) is 13.1 Å². The third-order valence-corrected chi connectivity index (χ3v) is 3.41. The average Bonchev–Trinajstić information content (AvgIpc) is 2.47. The van der Waals surface area contributed by atoms with Crippen LogP contribution < -0.4 is 0 Å². The molecule has 94 valence electrons. The summed E-state index contributed by atoms with van der Waals surface area (Å²) in [6.07, 6.45) is 2.87. The fourth-order valence-electron chi connectivity index (χ4n) is 2.30. The SMILES string of the molecule is C=CC(=O)C1CCN(C(=O)c2ccccc2)CC1. The van der Waals surface area contributed by atoms with E-state index in [1.807, 2.05) is 35.2 Å². The number of piperidine rings is 1. The molecule has 1 fully saturated rings. The van der Waals surface area contributed by atoms with E-state index in [4.69, 9.17) is 0 Å². The molecule has 0 spiro atoms. The summed E-state index contributed by atoms with van der Waals surface area (Å²) >= 11 is 0. The summed E-state index contributed by atoms with van der Waals surface area (Å²) in [6, 6.07) is 9.26. The Morgan fingerprint density at radius 3 is 2.33 bits per heavy atom. The lowest BCUT2D eigenvalue weighted by Gasteiger charge is -2.30. The first-order valence-corrected chi connectivity index (χ1v) is 6.23. The number of carbonyl (C=O) groups excluding carboxylic acids is 2. The summed E-state index contributed by atoms with van der Waals surface area (Å²) in [4.78, 5) is 25.5. The Kier molecular flexibility index (Phi) is 3.92. The second-order valence-electron chi connectivity index (χ2n) is 4.54. The van der Waals surface area contributed by atoms with Gasteiger partial charge in [0.05, 0.1) is 0 Å². The van der Waals surface area contributed by atoms with Crippen LogP contribution in [0.25, 0.3) is 0 Å². The van der Waals surface area contributed by atoms with Gasteiger partial charge in [-0.2, -0.15) is 0 Å². The molecule has 0 aromatic heterocycles. The molecule has 1 aromatic rings. The Bertz CT molecular complexity index is 445. The van der Waals surface area contributed by atoms with Gasteiger partial charge in [0.2, 0.25) is 0 Å². The standard InChI is InChI=1S/C15H17NO2/c1-2-14(17)12-8-10-16(11-9-12)15(18)13-6-4-3-5-7-13/h2-7,12H,1,8-11H2. The van der Waals surface area contributed by atoms with Crippen LogP contribution in [-0.4, -0.2) is 29.7 Å². The minimum Gasteiger partial charge on any atom is -0.339 e. The molecule has 1 heterocycles. The molecule has 0 unspecified atom stereocenters. The molecule has 2 rings (SSSR count). The van der Waals surface area contributed by atoms with Crippen LogP contribution in [0.4, 0.5) is 0 Å². The maximum Gasteiger partial charge on any atom is 0.253 e. The average molecular weight is 243 g/mol. The lowest BCUT2D eigenvalue weighted by atomic mass is 9.92. The van der Waals surface area contributed by atoms with Crippen molar-refractivity contribution < 1.29 is 9.59 Å². The number of amides is 1. The van der Waals surface area contributed by atoms with E-state index in [0.29, 0.717) is 18.7 Å². The molecule has 0 radical (unpaired) electrons. The molecule has 1 saturated heterocycles. The van der Waals surface area contributed by atoms with Crippen molar-refractivity contribution in [3.63, 3.8) is 0 Å². The van der Waals surface area contributed by atoms with E-state index in [1.54, 1.807) is 0 Å². The largest absolute Gasteiger partial charge is 0.339 e. The van der Waals surface area contributed by atoms with Crippen molar-refractivity contribution in [3.8, 4) is 0 Å². The molecule has 3 heteroatoms. The fourth-order valence-corrected chi connectivity index (χ4v) is 2.30. The smallest absolute Gasteiger partial charge is 0.253 e. The van der Waals surface area contributed by atoms with Crippen LogP contribution in [-0.2, 0) is 4.79 Å². The number of hydrogen-bond acceptors (Lipinski definition) is 2. The van der Waals surface area contributed by atoms with Gasteiger partial charge in [-0.1, -0.05) is 24.8 Å². The van der Waals surface area contributed by atoms with E-state index >= 15 is 0 Å². The summed E-state index contributed by atoms with van der Waals surface area (Å²) in [6.45, 7) is 4.81. The van der Waals surface area contributed by atoms with Crippen molar-refractivity contribution in [1.82, 2.24) is 4.90 Å². The number of likely N-dealkylation sites (tertiary alicyclic amines) is 1. The highest BCUT2D eigenvalue weighted by atomic mass is 16.2. The van der Waals surface area contributed by atoms with Crippen LogP contribution in [0.15, 0.2) is 43.0 Å². The number of nitrogens with zero attached hydrogens (tertiary/aromatic N) is 1. The van der Waals surface area contributed by atoms with Gasteiger partial charge < -0.3 is 4.90 Å². The summed E-state index contributed by atoms with van der Waals surface area (Å²) in [5, 5.41) is 0. The van der Waals surface area contributed by atoms with Crippen LogP contribution in [0.1, 0.15) is 23.2 Å². The molecule has 1 aliphatic rings. The predicted molar refractivity (Wildman–Crippen MR) is 70.3 cm³/mol. The normalized spacial score (nSPS) is 16.3. The third-order valence-electron chi connectivity index (χ3n) is 3.41. The van der Waals surface area contributed by atoms with Gasteiger partial charge in [0.15, 0.2) is 5.78 Å². The molecule has 0 aliphatic carbocycles. The van der Waals surface area contributed by atoms with Gasteiger partial charge in [-0.3, -0.25) is 9.59 Å². The highest BCUT2D eigenvalue weighted by Gasteiger charge is 2.26. The lowest BCUT2D eigenvalue weighted by Crippen LogP contribution is -2.40. The number of rotatable bonds is 3. The van der Waals surface area contributed by atoms with E-state index in [2.05, 4.69) is 6.58 Å². The molecule has 1 aromatic carbocycles. The topological polar surface area (TPSA) is 37.4 Å². The first-order valence-electron chi connectivity index (χ1n) is 6.23. The van der Waals surface area contributed by atoms with Gasteiger partial charge >= 0.3 is 0 Å².